The van der Waals surface area contributed by atoms with Gasteiger partial charge in [-0.2, -0.15) is 11.8 Å². The molecule has 2 unspecified atom stereocenters. The van der Waals surface area contributed by atoms with E-state index in [-0.39, 0.29) is 10.6 Å². The number of hydrogen-bond donors (Lipinski definition) is 2. The van der Waals surface area contributed by atoms with Crippen molar-refractivity contribution in [1.82, 2.24) is 4.72 Å². The number of nitrogens with zero attached hydrogens (tertiary/aromatic N) is 1. The number of benzene rings is 1. The molecule has 112 valence electrons. The second-order valence-electron chi connectivity index (χ2n) is 4.94. The lowest BCUT2D eigenvalue weighted by Crippen LogP contribution is -2.44. The third-order valence-corrected chi connectivity index (χ3v) is 6.59. The molecule has 2 rings (SSSR count). The summed E-state index contributed by atoms with van der Waals surface area (Å²) in [6, 6.07) is 5.57. The maximum atomic E-state index is 11.8. The predicted molar refractivity (Wildman–Crippen MR) is 85.8 cm³/mol. The quantitative estimate of drug-likeness (QED) is 0.827. The van der Waals surface area contributed by atoms with Crippen LogP contribution in [-0.2, 0) is 10.0 Å². The van der Waals surface area contributed by atoms with E-state index in [1.807, 2.05) is 17.8 Å². The standard InChI is InChI=1S/C13H21N3O2S2/c1-9-10(2)19-7-6-16(9)11-4-5-13(12(14)8-11)20(17,18)15-3/h4-5,8-10,15H,6-7,14H2,1-3H3. The molecule has 0 aromatic heterocycles. The highest BCUT2D eigenvalue weighted by Gasteiger charge is 2.26. The van der Waals surface area contributed by atoms with E-state index in [9.17, 15) is 8.42 Å². The van der Waals surface area contributed by atoms with Crippen LogP contribution >= 0.6 is 11.8 Å². The van der Waals surface area contributed by atoms with Gasteiger partial charge in [0.1, 0.15) is 4.90 Å². The van der Waals surface area contributed by atoms with Gasteiger partial charge in [0.2, 0.25) is 10.0 Å². The molecule has 1 saturated heterocycles. The van der Waals surface area contributed by atoms with Crippen LogP contribution in [0, 0.1) is 0 Å². The molecule has 1 heterocycles. The van der Waals surface area contributed by atoms with Crippen LogP contribution in [0.25, 0.3) is 0 Å². The maximum absolute atomic E-state index is 11.8. The van der Waals surface area contributed by atoms with E-state index in [1.165, 1.54) is 7.05 Å². The highest BCUT2D eigenvalue weighted by molar-refractivity contribution is 8.00. The van der Waals surface area contributed by atoms with Gasteiger partial charge in [-0.25, -0.2) is 13.1 Å². The molecule has 2 atom stereocenters. The molecule has 3 N–H and O–H groups in total. The third-order valence-electron chi connectivity index (χ3n) is 3.77. The average molecular weight is 315 g/mol. The zero-order valence-electron chi connectivity index (χ0n) is 12.0. The van der Waals surface area contributed by atoms with Crippen LogP contribution in [0.3, 0.4) is 0 Å². The first-order valence-corrected chi connectivity index (χ1v) is 9.11. The summed E-state index contributed by atoms with van der Waals surface area (Å²) in [5.74, 6) is 1.07. The maximum Gasteiger partial charge on any atom is 0.242 e. The van der Waals surface area contributed by atoms with Crippen LogP contribution < -0.4 is 15.4 Å². The van der Waals surface area contributed by atoms with Gasteiger partial charge >= 0.3 is 0 Å². The number of nitrogens with one attached hydrogen (secondary N) is 1. The largest absolute Gasteiger partial charge is 0.398 e. The third kappa shape index (κ3) is 2.89. The summed E-state index contributed by atoms with van der Waals surface area (Å²) >= 11 is 1.96. The van der Waals surface area contributed by atoms with E-state index in [4.69, 9.17) is 5.73 Å². The van der Waals surface area contributed by atoms with Gasteiger partial charge < -0.3 is 10.6 Å². The van der Waals surface area contributed by atoms with Crippen molar-refractivity contribution in [3.8, 4) is 0 Å². The number of anilines is 2. The fourth-order valence-electron chi connectivity index (χ4n) is 2.37. The number of thioether (sulfide) groups is 1. The lowest BCUT2D eigenvalue weighted by molar-refractivity contribution is 0.588. The molecule has 0 amide bonds. The zero-order valence-corrected chi connectivity index (χ0v) is 13.6. The van der Waals surface area contributed by atoms with Crippen molar-refractivity contribution in [3.05, 3.63) is 18.2 Å². The SMILES string of the molecule is CNS(=O)(=O)c1ccc(N2CCSC(C)C2C)cc1N. The molecule has 1 aliphatic heterocycles. The van der Waals surface area contributed by atoms with Crippen LogP contribution in [0.15, 0.2) is 23.1 Å². The minimum absolute atomic E-state index is 0.135. The Balaban J connectivity index is 2.34. The Morgan fingerprint density at radius 3 is 2.70 bits per heavy atom. The average Bonchev–Trinajstić information content (AvgIpc) is 2.41. The summed E-state index contributed by atoms with van der Waals surface area (Å²) in [5, 5.41) is 0.547. The Bertz CT molecular complexity index is 589. The van der Waals surface area contributed by atoms with Crippen LogP contribution in [-0.4, -0.2) is 39.1 Å². The van der Waals surface area contributed by atoms with Crippen LogP contribution in [0.2, 0.25) is 0 Å². The second-order valence-corrected chi connectivity index (χ2v) is 8.28. The Morgan fingerprint density at radius 2 is 2.10 bits per heavy atom. The number of nitrogen functional groups attached to an aromatic ring is 1. The molecule has 1 aliphatic rings. The molecule has 1 aromatic carbocycles. The summed E-state index contributed by atoms with van der Waals surface area (Å²) in [7, 11) is -2.12. The summed E-state index contributed by atoms with van der Waals surface area (Å²) < 4.78 is 25.9. The van der Waals surface area contributed by atoms with Gasteiger partial charge in [0, 0.05) is 29.3 Å². The summed E-state index contributed by atoms with van der Waals surface area (Å²) in [6.45, 7) is 5.35. The predicted octanol–water partition coefficient (Wildman–Crippen LogP) is 1.51. The molecule has 20 heavy (non-hydrogen) atoms. The molecular formula is C13H21N3O2S2. The smallest absolute Gasteiger partial charge is 0.242 e. The molecule has 7 heteroatoms. The van der Waals surface area contributed by atoms with Gasteiger partial charge in [-0.05, 0) is 32.2 Å². The normalized spacial score (nSPS) is 23.9. The van der Waals surface area contributed by atoms with Gasteiger partial charge in [-0.3, -0.25) is 0 Å². The lowest BCUT2D eigenvalue weighted by Gasteiger charge is -2.39. The van der Waals surface area contributed by atoms with Crippen molar-refractivity contribution in [3.63, 3.8) is 0 Å². The Labute approximate surface area is 125 Å². The van der Waals surface area contributed by atoms with E-state index in [1.54, 1.807) is 12.1 Å². The first-order chi connectivity index (χ1) is 9.36. The summed E-state index contributed by atoms with van der Waals surface area (Å²) in [6.07, 6.45) is 0. The highest BCUT2D eigenvalue weighted by atomic mass is 32.2. The van der Waals surface area contributed by atoms with Gasteiger partial charge in [-0.15, -0.1) is 0 Å². The van der Waals surface area contributed by atoms with Crippen molar-refractivity contribution >= 4 is 33.2 Å². The van der Waals surface area contributed by atoms with Crippen LogP contribution in [0.1, 0.15) is 13.8 Å². The minimum Gasteiger partial charge on any atom is -0.398 e. The fourth-order valence-corrected chi connectivity index (χ4v) is 4.30. The van der Waals surface area contributed by atoms with Crippen molar-refractivity contribution in [2.75, 3.05) is 30.0 Å². The van der Waals surface area contributed by atoms with Gasteiger partial charge in [0.05, 0.1) is 5.69 Å². The van der Waals surface area contributed by atoms with E-state index in [0.29, 0.717) is 11.3 Å². The van der Waals surface area contributed by atoms with E-state index in [0.717, 1.165) is 18.0 Å². The number of nitrogens with two attached hydrogens (primary N) is 1. The first-order valence-electron chi connectivity index (χ1n) is 6.58. The molecule has 0 radical (unpaired) electrons. The van der Waals surface area contributed by atoms with Crippen molar-refractivity contribution in [2.45, 2.75) is 30.0 Å². The van der Waals surface area contributed by atoms with Crippen LogP contribution in [0.4, 0.5) is 11.4 Å². The molecular weight excluding hydrogens is 294 g/mol. The minimum atomic E-state index is -3.50. The van der Waals surface area contributed by atoms with Crippen molar-refractivity contribution in [2.24, 2.45) is 0 Å². The molecule has 1 fully saturated rings. The molecule has 0 bridgehead atoms. The Morgan fingerprint density at radius 1 is 1.40 bits per heavy atom. The van der Waals surface area contributed by atoms with Gasteiger partial charge in [0.25, 0.3) is 0 Å². The second kappa shape index (κ2) is 5.83. The molecule has 1 aromatic rings. The summed E-state index contributed by atoms with van der Waals surface area (Å²) in [4.78, 5) is 2.42. The topological polar surface area (TPSA) is 75.4 Å². The van der Waals surface area contributed by atoms with E-state index < -0.39 is 10.0 Å². The van der Waals surface area contributed by atoms with Crippen molar-refractivity contribution in [1.29, 1.82) is 0 Å². The Kier molecular flexibility index (Phi) is 4.51. The monoisotopic (exact) mass is 315 g/mol. The van der Waals surface area contributed by atoms with Gasteiger partial charge in [0.15, 0.2) is 0 Å². The number of hydrogen-bond acceptors (Lipinski definition) is 5. The summed E-state index contributed by atoms with van der Waals surface area (Å²) in [5.41, 5.74) is 7.19. The van der Waals surface area contributed by atoms with E-state index in [2.05, 4.69) is 23.5 Å². The lowest BCUT2D eigenvalue weighted by atomic mass is 10.1. The fraction of sp³-hybridized carbons (Fsp3) is 0.538. The Hall–Kier alpha value is -0.920. The first kappa shape index (κ1) is 15.5. The van der Waals surface area contributed by atoms with Crippen molar-refractivity contribution < 1.29 is 8.42 Å². The molecule has 5 nitrogen and oxygen atoms in total. The number of sulfonamides is 1. The molecule has 0 saturated carbocycles. The van der Waals surface area contributed by atoms with E-state index >= 15 is 0 Å². The van der Waals surface area contributed by atoms with Crippen LogP contribution in [0.5, 0.6) is 0 Å². The highest BCUT2D eigenvalue weighted by Crippen LogP contribution is 2.31. The molecule has 0 aliphatic carbocycles. The molecule has 0 spiro atoms. The zero-order chi connectivity index (χ0) is 14.9. The number of rotatable bonds is 3. The van der Waals surface area contributed by atoms with Gasteiger partial charge in [-0.1, -0.05) is 6.92 Å².